The van der Waals surface area contributed by atoms with Crippen molar-refractivity contribution in [1.29, 1.82) is 0 Å². The molecule has 1 atom stereocenters. The number of aliphatic carboxylic acids is 1. The number of carboxylic acid groups (broad SMARTS) is 1. The van der Waals surface area contributed by atoms with Crippen molar-refractivity contribution in [3.63, 3.8) is 0 Å². The quantitative estimate of drug-likeness (QED) is 0.882. The van der Waals surface area contributed by atoms with Crippen molar-refractivity contribution >= 4 is 5.97 Å². The molecular weight excluding hydrogens is 304 g/mol. The van der Waals surface area contributed by atoms with Gasteiger partial charge in [-0.15, -0.1) is 0 Å². The van der Waals surface area contributed by atoms with Crippen LogP contribution in [-0.4, -0.2) is 35.1 Å². The van der Waals surface area contributed by atoms with E-state index >= 15 is 0 Å². The first-order chi connectivity index (χ1) is 11.3. The molecule has 1 unspecified atom stereocenters. The highest BCUT2D eigenvalue weighted by Crippen LogP contribution is 2.30. The maximum absolute atomic E-state index is 11.9. The van der Waals surface area contributed by atoms with Crippen molar-refractivity contribution in [2.24, 2.45) is 0 Å². The molecule has 0 spiro atoms. The third-order valence-corrected chi connectivity index (χ3v) is 4.23. The normalized spacial score (nSPS) is 12.2. The zero-order valence-electron chi connectivity index (χ0n) is 14.8. The molecule has 0 amide bonds. The Morgan fingerprint density at radius 2 is 1.88 bits per heavy atom. The lowest BCUT2D eigenvalue weighted by atomic mass is 9.98. The lowest BCUT2D eigenvalue weighted by Crippen LogP contribution is -2.31. The topological polar surface area (TPSA) is 62.7 Å². The molecule has 0 aliphatic rings. The predicted octanol–water partition coefficient (Wildman–Crippen LogP) is 3.27. The molecule has 0 aliphatic heterocycles. The fourth-order valence-corrected chi connectivity index (χ4v) is 3.09. The number of benzene rings is 1. The number of ether oxygens (including phenoxy) is 1. The minimum atomic E-state index is -0.867. The third kappa shape index (κ3) is 3.74. The Hall–Kier alpha value is -2.40. The van der Waals surface area contributed by atoms with E-state index in [9.17, 15) is 9.90 Å². The molecule has 0 bridgehead atoms. The van der Waals surface area contributed by atoms with Gasteiger partial charge < -0.3 is 9.84 Å². The number of carboxylic acids is 1. The van der Waals surface area contributed by atoms with Crippen LogP contribution >= 0.6 is 0 Å². The first kappa shape index (κ1) is 17.9. The maximum Gasteiger partial charge on any atom is 0.325 e. The second-order valence-corrected chi connectivity index (χ2v) is 6.15. The van der Waals surface area contributed by atoms with E-state index in [1.807, 2.05) is 50.9 Å². The molecule has 2 rings (SSSR count). The third-order valence-electron chi connectivity index (χ3n) is 4.23. The van der Waals surface area contributed by atoms with Crippen molar-refractivity contribution < 1.29 is 14.6 Å². The number of hydrogen-bond donors (Lipinski definition) is 1. The van der Waals surface area contributed by atoms with Crippen LogP contribution in [0, 0.1) is 20.8 Å². The van der Waals surface area contributed by atoms with Gasteiger partial charge in [0.05, 0.1) is 7.11 Å². The van der Waals surface area contributed by atoms with E-state index in [2.05, 4.69) is 4.98 Å². The Morgan fingerprint density at radius 3 is 2.38 bits per heavy atom. The first-order valence-corrected chi connectivity index (χ1v) is 7.82. The number of aryl methyl sites for hydroxylation is 3. The molecule has 0 saturated carbocycles. The van der Waals surface area contributed by atoms with Gasteiger partial charge in [-0.1, -0.05) is 12.1 Å². The molecule has 5 heteroatoms. The minimum Gasteiger partial charge on any atom is -0.496 e. The summed E-state index contributed by atoms with van der Waals surface area (Å²) >= 11 is 0. The Labute approximate surface area is 142 Å². The summed E-state index contributed by atoms with van der Waals surface area (Å²) in [5.41, 5.74) is 4.75. The average Bonchev–Trinajstić information content (AvgIpc) is 2.49. The van der Waals surface area contributed by atoms with E-state index in [1.54, 1.807) is 19.5 Å². The molecule has 0 radical (unpaired) electrons. The Balaban J connectivity index is 2.36. The summed E-state index contributed by atoms with van der Waals surface area (Å²) in [6, 6.07) is 4.98. The lowest BCUT2D eigenvalue weighted by Gasteiger charge is -2.26. The molecule has 0 aliphatic carbocycles. The number of hydrogen-bond acceptors (Lipinski definition) is 4. The van der Waals surface area contributed by atoms with Crippen LogP contribution in [0.2, 0.25) is 0 Å². The van der Waals surface area contributed by atoms with Gasteiger partial charge in [0.25, 0.3) is 0 Å². The van der Waals surface area contributed by atoms with Crippen molar-refractivity contribution in [2.45, 2.75) is 33.4 Å². The fraction of sp³-hybridized carbons (Fsp3) is 0.368. The fourth-order valence-electron chi connectivity index (χ4n) is 3.09. The molecule has 1 aromatic heterocycles. The summed E-state index contributed by atoms with van der Waals surface area (Å²) in [6.45, 7) is 6.38. The summed E-state index contributed by atoms with van der Waals surface area (Å²) in [5.74, 6) is -0.0660. The van der Waals surface area contributed by atoms with Crippen LogP contribution in [0.25, 0.3) is 0 Å². The van der Waals surface area contributed by atoms with Crippen LogP contribution in [0.1, 0.15) is 33.9 Å². The van der Waals surface area contributed by atoms with Crippen LogP contribution in [-0.2, 0) is 11.3 Å². The zero-order valence-corrected chi connectivity index (χ0v) is 14.8. The number of pyridine rings is 1. The van der Waals surface area contributed by atoms with Crippen molar-refractivity contribution in [3.8, 4) is 5.75 Å². The largest absolute Gasteiger partial charge is 0.496 e. The monoisotopic (exact) mass is 328 g/mol. The van der Waals surface area contributed by atoms with Gasteiger partial charge in [-0.2, -0.15) is 0 Å². The van der Waals surface area contributed by atoms with Gasteiger partial charge in [0.1, 0.15) is 11.8 Å². The number of nitrogens with zero attached hydrogens (tertiary/aromatic N) is 2. The van der Waals surface area contributed by atoms with Crippen LogP contribution < -0.4 is 4.74 Å². The molecule has 1 N–H and O–H groups in total. The number of rotatable bonds is 6. The molecule has 5 nitrogen and oxygen atoms in total. The Bertz CT molecular complexity index is 720. The van der Waals surface area contributed by atoms with Crippen molar-refractivity contribution in [2.75, 3.05) is 14.2 Å². The number of likely N-dealkylation sites (N-methyl/N-ethyl adjacent to an activating group) is 1. The average molecular weight is 328 g/mol. The smallest absolute Gasteiger partial charge is 0.325 e. The SMILES string of the molecule is COc1c(C)cc(C(C(=O)O)N(C)Cc2ccncc2C)cc1C. The lowest BCUT2D eigenvalue weighted by molar-refractivity contribution is -0.143. The van der Waals surface area contributed by atoms with Crippen molar-refractivity contribution in [3.05, 3.63) is 58.4 Å². The van der Waals surface area contributed by atoms with Gasteiger partial charge in [0.2, 0.25) is 0 Å². The molecule has 1 heterocycles. The van der Waals surface area contributed by atoms with E-state index in [1.165, 1.54) is 0 Å². The number of aromatic nitrogens is 1. The molecule has 24 heavy (non-hydrogen) atoms. The Morgan fingerprint density at radius 1 is 1.25 bits per heavy atom. The molecular formula is C19H24N2O3. The second-order valence-electron chi connectivity index (χ2n) is 6.15. The van der Waals surface area contributed by atoms with Gasteiger partial charge in [-0.3, -0.25) is 14.7 Å². The van der Waals surface area contributed by atoms with Crippen LogP contribution in [0.15, 0.2) is 30.6 Å². The van der Waals surface area contributed by atoms with Gasteiger partial charge in [0, 0.05) is 18.9 Å². The van der Waals surface area contributed by atoms with E-state index in [4.69, 9.17) is 4.74 Å². The highest BCUT2D eigenvalue weighted by molar-refractivity contribution is 5.76. The first-order valence-electron chi connectivity index (χ1n) is 7.82. The number of carbonyl (C=O) groups is 1. The summed E-state index contributed by atoms with van der Waals surface area (Å²) in [7, 11) is 3.45. The standard InChI is InChI=1S/C19H24N2O3/c1-12-8-16(9-13(2)18(12)24-5)17(19(22)23)21(4)11-15-6-7-20-10-14(15)3/h6-10,17H,11H2,1-5H3,(H,22,23). The molecule has 0 saturated heterocycles. The second kappa shape index (κ2) is 7.45. The van der Waals surface area contributed by atoms with Gasteiger partial charge in [0.15, 0.2) is 0 Å². The highest BCUT2D eigenvalue weighted by atomic mass is 16.5. The van der Waals surface area contributed by atoms with Gasteiger partial charge in [-0.05, 0) is 61.7 Å². The molecule has 2 aromatic rings. The maximum atomic E-state index is 11.9. The van der Waals surface area contributed by atoms with Crippen LogP contribution in [0.3, 0.4) is 0 Å². The van der Waals surface area contributed by atoms with Crippen LogP contribution in [0.5, 0.6) is 5.75 Å². The summed E-state index contributed by atoms with van der Waals surface area (Å²) < 4.78 is 5.37. The number of methoxy groups -OCH3 is 1. The summed E-state index contributed by atoms with van der Waals surface area (Å²) in [4.78, 5) is 17.8. The highest BCUT2D eigenvalue weighted by Gasteiger charge is 2.26. The summed E-state index contributed by atoms with van der Waals surface area (Å²) in [6.07, 6.45) is 3.52. The Kier molecular flexibility index (Phi) is 5.57. The molecule has 0 fully saturated rings. The summed E-state index contributed by atoms with van der Waals surface area (Å²) in [5, 5.41) is 9.77. The zero-order chi connectivity index (χ0) is 17.9. The molecule has 1 aromatic carbocycles. The van der Waals surface area contributed by atoms with Crippen molar-refractivity contribution in [1.82, 2.24) is 9.88 Å². The van der Waals surface area contributed by atoms with E-state index < -0.39 is 12.0 Å². The molecule has 128 valence electrons. The van der Waals surface area contributed by atoms with Crippen LogP contribution in [0.4, 0.5) is 0 Å². The minimum absolute atomic E-state index is 0.537. The predicted molar refractivity (Wildman–Crippen MR) is 93.3 cm³/mol. The van der Waals surface area contributed by atoms with E-state index in [-0.39, 0.29) is 0 Å². The van der Waals surface area contributed by atoms with Gasteiger partial charge >= 0.3 is 5.97 Å². The van der Waals surface area contributed by atoms with Gasteiger partial charge in [-0.25, -0.2) is 0 Å². The van der Waals surface area contributed by atoms with E-state index in [0.29, 0.717) is 6.54 Å². The van der Waals surface area contributed by atoms with E-state index in [0.717, 1.165) is 33.6 Å².